The van der Waals surface area contributed by atoms with Crippen molar-refractivity contribution in [1.29, 1.82) is 0 Å². The van der Waals surface area contributed by atoms with Crippen molar-refractivity contribution in [3.8, 4) is 0 Å². The van der Waals surface area contributed by atoms with Gasteiger partial charge in [-0.1, -0.05) is 0 Å². The molecule has 0 saturated carbocycles. The van der Waals surface area contributed by atoms with Crippen LogP contribution in [0, 0.1) is 0 Å². The molecule has 0 radical (unpaired) electrons. The zero-order chi connectivity index (χ0) is 10.3. The summed E-state index contributed by atoms with van der Waals surface area (Å²) in [6.07, 6.45) is 3.06. The Morgan fingerprint density at radius 1 is 1.43 bits per heavy atom. The summed E-state index contributed by atoms with van der Waals surface area (Å²) >= 11 is 0. The number of pyridine rings is 1. The van der Waals surface area contributed by atoms with Gasteiger partial charge in [0, 0.05) is 11.3 Å². The molecule has 3 nitrogen and oxygen atoms in total. The van der Waals surface area contributed by atoms with Gasteiger partial charge in [-0.25, -0.2) is 0 Å². The van der Waals surface area contributed by atoms with Gasteiger partial charge in [-0.05, 0) is 44.7 Å². The van der Waals surface area contributed by atoms with E-state index in [1.165, 1.54) is 5.56 Å². The number of aromatic nitrogens is 1. The molecule has 14 heavy (non-hydrogen) atoms. The maximum absolute atomic E-state index is 11.6. The Hall–Kier alpha value is -1.09. The molecule has 1 aromatic heterocycles. The van der Waals surface area contributed by atoms with Gasteiger partial charge in [0.25, 0.3) is 5.56 Å². The van der Waals surface area contributed by atoms with E-state index >= 15 is 0 Å². The molecule has 0 saturated heterocycles. The van der Waals surface area contributed by atoms with E-state index in [1.807, 2.05) is 6.07 Å². The highest BCUT2D eigenvalue weighted by Crippen LogP contribution is 2.23. The van der Waals surface area contributed by atoms with Gasteiger partial charge in [0.05, 0.1) is 5.60 Å². The molecule has 0 aliphatic heterocycles. The summed E-state index contributed by atoms with van der Waals surface area (Å²) in [5.41, 5.74) is 1.49. The number of aryl methyl sites for hydroxylation is 2. The van der Waals surface area contributed by atoms with Crippen molar-refractivity contribution in [3.63, 3.8) is 0 Å². The van der Waals surface area contributed by atoms with Crippen LogP contribution < -0.4 is 5.56 Å². The van der Waals surface area contributed by atoms with Crippen LogP contribution in [-0.2, 0) is 18.4 Å². The average molecular weight is 193 g/mol. The first kappa shape index (κ1) is 9.46. The second kappa shape index (κ2) is 2.95. The predicted octanol–water partition coefficient (Wildman–Crippen LogP) is 1.09. The number of nitrogens with one attached hydrogen (secondary N) is 1. The van der Waals surface area contributed by atoms with Crippen LogP contribution in [0.4, 0.5) is 0 Å². The Morgan fingerprint density at radius 2 is 2.14 bits per heavy atom. The largest absolute Gasteiger partial charge is 0.386 e. The maximum atomic E-state index is 11.6. The fourth-order valence-corrected chi connectivity index (χ4v) is 1.97. The van der Waals surface area contributed by atoms with Gasteiger partial charge in [0.1, 0.15) is 0 Å². The normalized spacial score (nSPS) is 15.6. The smallest absolute Gasteiger partial charge is 0.254 e. The summed E-state index contributed by atoms with van der Waals surface area (Å²) in [6.45, 7) is 3.28. The first-order chi connectivity index (χ1) is 6.48. The highest BCUT2D eigenvalue weighted by Gasteiger charge is 2.23. The van der Waals surface area contributed by atoms with Crippen LogP contribution in [0.15, 0.2) is 10.9 Å². The van der Waals surface area contributed by atoms with Crippen LogP contribution in [0.1, 0.15) is 37.1 Å². The van der Waals surface area contributed by atoms with Crippen molar-refractivity contribution in [2.75, 3.05) is 0 Å². The monoisotopic (exact) mass is 193 g/mol. The zero-order valence-electron chi connectivity index (χ0n) is 8.55. The number of fused-ring (bicyclic) bond motifs is 1. The molecule has 1 heterocycles. The third kappa shape index (κ3) is 1.48. The molecular weight excluding hydrogens is 178 g/mol. The summed E-state index contributed by atoms with van der Waals surface area (Å²) in [5.74, 6) is 0. The molecule has 0 unspecified atom stereocenters. The molecule has 1 aromatic rings. The Bertz CT molecular complexity index is 412. The first-order valence-electron chi connectivity index (χ1n) is 4.96. The molecule has 1 aliphatic carbocycles. The summed E-state index contributed by atoms with van der Waals surface area (Å²) in [7, 11) is 0. The summed E-state index contributed by atoms with van der Waals surface area (Å²) < 4.78 is 0. The summed E-state index contributed by atoms with van der Waals surface area (Å²) in [5, 5.41) is 9.78. The van der Waals surface area contributed by atoms with Crippen molar-refractivity contribution in [3.05, 3.63) is 33.2 Å². The highest BCUT2D eigenvalue weighted by molar-refractivity contribution is 5.31. The van der Waals surface area contributed by atoms with Crippen molar-refractivity contribution < 1.29 is 5.11 Å². The average Bonchev–Trinajstić information content (AvgIpc) is 2.47. The zero-order valence-corrected chi connectivity index (χ0v) is 8.55. The lowest BCUT2D eigenvalue weighted by Gasteiger charge is -2.17. The minimum Gasteiger partial charge on any atom is -0.386 e. The molecular formula is C11H15NO2. The summed E-state index contributed by atoms with van der Waals surface area (Å²) in [4.78, 5) is 14.5. The number of hydrogen-bond donors (Lipinski definition) is 2. The molecule has 2 N–H and O–H groups in total. The van der Waals surface area contributed by atoms with Gasteiger partial charge in [-0.2, -0.15) is 0 Å². The van der Waals surface area contributed by atoms with Gasteiger partial charge in [0.2, 0.25) is 0 Å². The van der Waals surface area contributed by atoms with E-state index in [0.29, 0.717) is 5.56 Å². The lowest BCUT2D eigenvalue weighted by Crippen LogP contribution is -2.27. The predicted molar refractivity (Wildman–Crippen MR) is 54.3 cm³/mol. The van der Waals surface area contributed by atoms with Crippen LogP contribution in [0.25, 0.3) is 0 Å². The lowest BCUT2D eigenvalue weighted by molar-refractivity contribution is 0.0769. The van der Waals surface area contributed by atoms with E-state index in [4.69, 9.17) is 0 Å². The van der Waals surface area contributed by atoms with E-state index in [-0.39, 0.29) is 5.56 Å². The van der Waals surface area contributed by atoms with E-state index in [2.05, 4.69) is 4.98 Å². The molecule has 2 rings (SSSR count). The standard InChI is InChI=1S/C11H15NO2/c1-11(2,14)8-6-7-4-3-5-9(7)12-10(8)13/h6,14H,3-5H2,1-2H3,(H,12,13). The Labute approximate surface area is 82.8 Å². The second-order valence-corrected chi connectivity index (χ2v) is 4.43. The third-order valence-electron chi connectivity index (χ3n) is 2.75. The van der Waals surface area contributed by atoms with Crippen molar-refractivity contribution in [1.82, 2.24) is 4.98 Å². The fourth-order valence-electron chi connectivity index (χ4n) is 1.97. The second-order valence-electron chi connectivity index (χ2n) is 4.43. The van der Waals surface area contributed by atoms with Crippen LogP contribution in [0.3, 0.4) is 0 Å². The quantitative estimate of drug-likeness (QED) is 0.701. The number of aliphatic hydroxyl groups is 1. The number of hydrogen-bond acceptors (Lipinski definition) is 2. The maximum Gasteiger partial charge on any atom is 0.254 e. The molecule has 0 aromatic carbocycles. The number of aromatic amines is 1. The number of rotatable bonds is 1. The van der Waals surface area contributed by atoms with Crippen LogP contribution in [0.2, 0.25) is 0 Å². The van der Waals surface area contributed by atoms with E-state index < -0.39 is 5.60 Å². The number of H-pyrrole nitrogens is 1. The Balaban J connectivity index is 2.59. The SMILES string of the molecule is CC(C)(O)c1cc2c([nH]c1=O)CCC2. The van der Waals surface area contributed by atoms with Crippen molar-refractivity contribution in [2.45, 2.75) is 38.7 Å². The van der Waals surface area contributed by atoms with Gasteiger partial charge in [0.15, 0.2) is 0 Å². The molecule has 76 valence electrons. The van der Waals surface area contributed by atoms with Gasteiger partial charge in [-0.15, -0.1) is 0 Å². The molecule has 0 spiro atoms. The molecule has 0 atom stereocenters. The summed E-state index contributed by atoms with van der Waals surface area (Å²) in [6, 6.07) is 1.85. The van der Waals surface area contributed by atoms with E-state index in [0.717, 1.165) is 25.0 Å². The third-order valence-corrected chi connectivity index (χ3v) is 2.75. The van der Waals surface area contributed by atoms with Crippen LogP contribution in [-0.4, -0.2) is 10.1 Å². The Morgan fingerprint density at radius 3 is 2.79 bits per heavy atom. The Kier molecular flexibility index (Phi) is 2.00. The topological polar surface area (TPSA) is 53.1 Å². The minimum absolute atomic E-state index is 0.154. The molecule has 0 amide bonds. The van der Waals surface area contributed by atoms with E-state index in [9.17, 15) is 9.90 Å². The van der Waals surface area contributed by atoms with Crippen LogP contribution >= 0.6 is 0 Å². The lowest BCUT2D eigenvalue weighted by atomic mass is 9.98. The highest BCUT2D eigenvalue weighted by atomic mass is 16.3. The molecule has 1 aliphatic rings. The van der Waals surface area contributed by atoms with Crippen molar-refractivity contribution >= 4 is 0 Å². The van der Waals surface area contributed by atoms with Crippen LogP contribution in [0.5, 0.6) is 0 Å². The molecule has 0 bridgehead atoms. The van der Waals surface area contributed by atoms with Gasteiger partial charge in [-0.3, -0.25) is 4.79 Å². The molecule has 3 heteroatoms. The first-order valence-corrected chi connectivity index (χ1v) is 4.96. The fraction of sp³-hybridized carbons (Fsp3) is 0.545. The minimum atomic E-state index is -1.05. The van der Waals surface area contributed by atoms with Crippen molar-refractivity contribution in [2.24, 2.45) is 0 Å². The van der Waals surface area contributed by atoms with Gasteiger partial charge < -0.3 is 10.1 Å². The van der Waals surface area contributed by atoms with E-state index in [1.54, 1.807) is 13.8 Å². The molecule has 0 fully saturated rings. The van der Waals surface area contributed by atoms with Gasteiger partial charge >= 0.3 is 0 Å².